The van der Waals surface area contributed by atoms with Gasteiger partial charge in [-0.2, -0.15) is 16.9 Å². The highest BCUT2D eigenvalue weighted by atomic mass is 32.2. The summed E-state index contributed by atoms with van der Waals surface area (Å²) in [7, 11) is 4.02. The van der Waals surface area contributed by atoms with Crippen LogP contribution >= 0.6 is 11.8 Å². The van der Waals surface area contributed by atoms with E-state index >= 15 is 0 Å². The van der Waals surface area contributed by atoms with E-state index in [-0.39, 0.29) is 0 Å². The molecule has 1 aliphatic heterocycles. The van der Waals surface area contributed by atoms with E-state index in [0.29, 0.717) is 11.3 Å². The first-order valence-electron chi connectivity index (χ1n) is 5.58. The zero-order valence-electron chi connectivity index (χ0n) is 9.44. The van der Waals surface area contributed by atoms with Crippen LogP contribution in [0.1, 0.15) is 30.9 Å². The molecular weight excluding hydrogens is 206 g/mol. The Kier molecular flexibility index (Phi) is 3.70. The molecule has 0 bridgehead atoms. The van der Waals surface area contributed by atoms with Gasteiger partial charge in [0.2, 0.25) is 0 Å². The van der Waals surface area contributed by atoms with E-state index in [0.717, 1.165) is 0 Å². The first kappa shape index (κ1) is 11.0. The number of hydrogen-bond acceptors (Lipinski definition) is 3. The van der Waals surface area contributed by atoms with E-state index in [1.807, 2.05) is 25.0 Å². The maximum atomic E-state index is 4.25. The first-order valence-corrected chi connectivity index (χ1v) is 6.63. The molecule has 2 atom stereocenters. The van der Waals surface area contributed by atoms with Crippen molar-refractivity contribution in [3.63, 3.8) is 0 Å². The monoisotopic (exact) mass is 225 g/mol. The number of nitrogens with one attached hydrogen (secondary N) is 1. The van der Waals surface area contributed by atoms with Crippen molar-refractivity contribution in [1.82, 2.24) is 15.1 Å². The molecule has 4 heteroatoms. The zero-order valence-corrected chi connectivity index (χ0v) is 10.3. The van der Waals surface area contributed by atoms with Crippen LogP contribution in [0.5, 0.6) is 0 Å². The van der Waals surface area contributed by atoms with E-state index in [1.54, 1.807) is 0 Å². The third kappa shape index (κ3) is 2.55. The van der Waals surface area contributed by atoms with Crippen LogP contribution in [0.4, 0.5) is 0 Å². The lowest BCUT2D eigenvalue weighted by atomic mass is 10.0. The molecule has 0 aliphatic carbocycles. The Morgan fingerprint density at radius 1 is 1.60 bits per heavy atom. The van der Waals surface area contributed by atoms with Crippen LogP contribution in [0, 0.1) is 0 Å². The van der Waals surface area contributed by atoms with Crippen molar-refractivity contribution in [1.29, 1.82) is 0 Å². The topological polar surface area (TPSA) is 29.9 Å². The SMILES string of the molecule is CNC(c1cnn(C)c1)C1CCCCS1. The number of hydrogen-bond donors (Lipinski definition) is 1. The summed E-state index contributed by atoms with van der Waals surface area (Å²) in [6, 6.07) is 0.462. The predicted molar refractivity (Wildman–Crippen MR) is 65.1 cm³/mol. The molecule has 0 amide bonds. The molecule has 0 radical (unpaired) electrons. The largest absolute Gasteiger partial charge is 0.312 e. The molecule has 1 saturated heterocycles. The van der Waals surface area contributed by atoms with Crippen LogP contribution in [-0.4, -0.2) is 27.8 Å². The molecule has 1 fully saturated rings. The fourth-order valence-electron chi connectivity index (χ4n) is 2.20. The standard InChI is InChI=1S/C11H19N3S/c1-12-11(9-7-13-14(2)8-9)10-5-3-4-6-15-10/h7-8,10-12H,3-6H2,1-2H3. The lowest BCUT2D eigenvalue weighted by Gasteiger charge is -2.28. The minimum absolute atomic E-state index is 0.462. The fourth-order valence-corrected chi connectivity index (χ4v) is 3.69. The van der Waals surface area contributed by atoms with Gasteiger partial charge in [0.1, 0.15) is 0 Å². The third-order valence-electron chi connectivity index (χ3n) is 2.98. The Bertz CT molecular complexity index is 305. The molecule has 2 heterocycles. The quantitative estimate of drug-likeness (QED) is 0.853. The molecule has 0 saturated carbocycles. The Morgan fingerprint density at radius 2 is 2.47 bits per heavy atom. The molecule has 1 aliphatic rings. The minimum Gasteiger partial charge on any atom is -0.312 e. The van der Waals surface area contributed by atoms with Gasteiger partial charge in [-0.25, -0.2) is 0 Å². The van der Waals surface area contributed by atoms with Gasteiger partial charge in [-0.1, -0.05) is 6.42 Å². The van der Waals surface area contributed by atoms with Crippen molar-refractivity contribution in [2.75, 3.05) is 12.8 Å². The Labute approximate surface area is 95.6 Å². The van der Waals surface area contributed by atoms with Crippen LogP contribution in [0.3, 0.4) is 0 Å². The van der Waals surface area contributed by atoms with Crippen LogP contribution in [0.15, 0.2) is 12.4 Å². The predicted octanol–water partition coefficient (Wildman–Crippen LogP) is 1.97. The summed E-state index contributed by atoms with van der Waals surface area (Å²) in [5, 5.41) is 8.39. The Balaban J connectivity index is 2.08. The van der Waals surface area contributed by atoms with Crippen molar-refractivity contribution in [3.8, 4) is 0 Å². The summed E-state index contributed by atoms with van der Waals surface area (Å²) in [5.74, 6) is 1.31. The van der Waals surface area contributed by atoms with Gasteiger partial charge in [0.15, 0.2) is 0 Å². The third-order valence-corrected chi connectivity index (χ3v) is 4.44. The average Bonchev–Trinajstić information content (AvgIpc) is 2.68. The minimum atomic E-state index is 0.462. The van der Waals surface area contributed by atoms with E-state index in [4.69, 9.17) is 0 Å². The first-order chi connectivity index (χ1) is 7.31. The Morgan fingerprint density at radius 3 is 3.00 bits per heavy atom. The van der Waals surface area contributed by atoms with Crippen molar-refractivity contribution in [2.45, 2.75) is 30.6 Å². The highest BCUT2D eigenvalue weighted by Crippen LogP contribution is 2.34. The number of aromatic nitrogens is 2. The Hall–Kier alpha value is -0.480. The lowest BCUT2D eigenvalue weighted by molar-refractivity contribution is 0.516. The second-order valence-electron chi connectivity index (χ2n) is 4.12. The van der Waals surface area contributed by atoms with Crippen molar-refractivity contribution < 1.29 is 0 Å². The summed E-state index contributed by atoms with van der Waals surface area (Å²) in [4.78, 5) is 0. The lowest BCUT2D eigenvalue weighted by Crippen LogP contribution is -2.29. The molecular formula is C11H19N3S. The molecule has 0 aromatic carbocycles. The number of thioether (sulfide) groups is 1. The van der Waals surface area contributed by atoms with Gasteiger partial charge in [-0.3, -0.25) is 4.68 Å². The molecule has 84 valence electrons. The van der Waals surface area contributed by atoms with Gasteiger partial charge < -0.3 is 5.32 Å². The molecule has 2 rings (SSSR count). The zero-order chi connectivity index (χ0) is 10.7. The van der Waals surface area contributed by atoms with Crippen LogP contribution in [0.2, 0.25) is 0 Å². The summed E-state index contributed by atoms with van der Waals surface area (Å²) in [5.41, 5.74) is 1.32. The maximum Gasteiger partial charge on any atom is 0.0537 e. The van der Waals surface area contributed by atoms with Crippen molar-refractivity contribution >= 4 is 11.8 Å². The maximum absolute atomic E-state index is 4.25. The highest BCUT2D eigenvalue weighted by Gasteiger charge is 2.24. The summed E-state index contributed by atoms with van der Waals surface area (Å²) >= 11 is 2.10. The van der Waals surface area contributed by atoms with E-state index in [2.05, 4.69) is 28.4 Å². The smallest absolute Gasteiger partial charge is 0.0537 e. The summed E-state index contributed by atoms with van der Waals surface area (Å²) < 4.78 is 1.88. The van der Waals surface area contributed by atoms with E-state index in [9.17, 15) is 0 Å². The van der Waals surface area contributed by atoms with E-state index in [1.165, 1.54) is 30.6 Å². The molecule has 0 spiro atoms. The summed E-state index contributed by atoms with van der Waals surface area (Å²) in [6.45, 7) is 0. The molecule has 1 N–H and O–H groups in total. The van der Waals surface area contributed by atoms with Gasteiger partial charge >= 0.3 is 0 Å². The molecule has 3 nitrogen and oxygen atoms in total. The molecule has 15 heavy (non-hydrogen) atoms. The van der Waals surface area contributed by atoms with Gasteiger partial charge in [0.25, 0.3) is 0 Å². The number of nitrogens with zero attached hydrogens (tertiary/aromatic N) is 2. The second kappa shape index (κ2) is 5.03. The molecule has 1 aromatic rings. The van der Waals surface area contributed by atoms with Gasteiger partial charge in [-0.05, 0) is 25.6 Å². The molecule has 1 aromatic heterocycles. The number of rotatable bonds is 3. The fraction of sp³-hybridized carbons (Fsp3) is 0.727. The van der Waals surface area contributed by atoms with Crippen LogP contribution < -0.4 is 5.32 Å². The second-order valence-corrected chi connectivity index (χ2v) is 5.47. The summed E-state index contributed by atoms with van der Waals surface area (Å²) in [6.07, 6.45) is 8.18. The van der Waals surface area contributed by atoms with Gasteiger partial charge in [-0.15, -0.1) is 0 Å². The van der Waals surface area contributed by atoms with Crippen molar-refractivity contribution in [2.24, 2.45) is 7.05 Å². The van der Waals surface area contributed by atoms with Gasteiger partial charge in [0, 0.05) is 30.1 Å². The van der Waals surface area contributed by atoms with E-state index < -0.39 is 0 Å². The van der Waals surface area contributed by atoms with Crippen LogP contribution in [0.25, 0.3) is 0 Å². The average molecular weight is 225 g/mol. The molecule has 2 unspecified atom stereocenters. The number of aryl methyl sites for hydroxylation is 1. The van der Waals surface area contributed by atoms with Crippen molar-refractivity contribution in [3.05, 3.63) is 18.0 Å². The van der Waals surface area contributed by atoms with Crippen LogP contribution in [-0.2, 0) is 7.05 Å². The normalized spacial score (nSPS) is 24.0. The highest BCUT2D eigenvalue weighted by molar-refractivity contribution is 8.00. The van der Waals surface area contributed by atoms with Gasteiger partial charge in [0.05, 0.1) is 6.20 Å².